The second-order valence-corrected chi connectivity index (χ2v) is 11.6. The number of rotatable bonds is 5. The van der Waals surface area contributed by atoms with E-state index in [1.807, 2.05) is 25.1 Å². The third kappa shape index (κ3) is 4.09. The maximum absolute atomic E-state index is 14.0. The summed E-state index contributed by atoms with van der Waals surface area (Å²) in [7, 11) is 2.83. The molecule has 1 heterocycles. The number of hydrogen-bond acceptors (Lipinski definition) is 7. The van der Waals surface area contributed by atoms with E-state index in [-0.39, 0.29) is 51.5 Å². The third-order valence-electron chi connectivity index (χ3n) is 8.77. The van der Waals surface area contributed by atoms with Gasteiger partial charge in [-0.3, -0.25) is 24.1 Å². The van der Waals surface area contributed by atoms with Gasteiger partial charge in [0.25, 0.3) is 0 Å². The zero-order valence-electron chi connectivity index (χ0n) is 22.8. The number of phenolic OH excluding ortho intramolecular Hbond substituents is 1. The van der Waals surface area contributed by atoms with E-state index in [4.69, 9.17) is 9.47 Å². The number of hydrogen-bond donors (Lipinski definition) is 1. The number of amides is 2. The molecule has 0 saturated carbocycles. The lowest BCUT2D eigenvalue weighted by Crippen LogP contribution is -2.39. The standard InChI is InChI=1S/C32H28BrNO7/c1-4-15-5-7-17(8-6-15)34-31(38)19-10-9-18-20(27(19)32(34)39)13-21-28(23(35)14-22(33)29(21)36)26(18)16-11-24(40-2)30(37)25(12-16)41-3/h5-9,11-12,14,19-20,26-27,37H,4,10,13H2,1-3H3/t19-,20+,26-,27-/m0/s1. The SMILES string of the molecule is CCc1ccc(N2C(=O)[C@H]3[C@H](CC=C4[C@H](c5cc(OC)c(O)c(OC)c5)C5=C(C[C@H]43)C(=O)C(Br)=CC5=O)C2=O)cc1. The second kappa shape index (κ2) is 10.1. The van der Waals surface area contributed by atoms with Crippen LogP contribution in [0.15, 0.2) is 69.8 Å². The molecular weight excluding hydrogens is 590 g/mol. The Kier molecular flexibility index (Phi) is 6.72. The number of nitrogens with zero attached hydrogens (tertiary/aromatic N) is 1. The third-order valence-corrected chi connectivity index (χ3v) is 9.36. The van der Waals surface area contributed by atoms with Gasteiger partial charge in [0.15, 0.2) is 23.1 Å². The Bertz CT molecular complexity index is 1590. The van der Waals surface area contributed by atoms with Crippen LogP contribution in [0.2, 0.25) is 0 Å². The number of aryl methyl sites for hydroxylation is 1. The number of anilines is 1. The van der Waals surface area contributed by atoms with Crippen LogP contribution in [-0.4, -0.2) is 42.7 Å². The molecule has 2 aromatic carbocycles. The van der Waals surface area contributed by atoms with Crippen molar-refractivity contribution in [2.75, 3.05) is 19.1 Å². The number of fused-ring (bicyclic) bond motifs is 3. The van der Waals surface area contributed by atoms with Crippen molar-refractivity contribution < 1.29 is 33.8 Å². The Morgan fingerprint density at radius 2 is 1.63 bits per heavy atom. The van der Waals surface area contributed by atoms with Gasteiger partial charge in [0.2, 0.25) is 17.6 Å². The van der Waals surface area contributed by atoms with Crippen LogP contribution in [0.25, 0.3) is 0 Å². The van der Waals surface area contributed by atoms with E-state index in [0.29, 0.717) is 28.8 Å². The zero-order chi connectivity index (χ0) is 29.2. The number of methoxy groups -OCH3 is 2. The molecule has 1 aliphatic heterocycles. The lowest BCUT2D eigenvalue weighted by Gasteiger charge is -2.42. The van der Waals surface area contributed by atoms with E-state index in [0.717, 1.165) is 17.6 Å². The second-order valence-electron chi connectivity index (χ2n) is 10.7. The predicted molar refractivity (Wildman–Crippen MR) is 154 cm³/mol. The first-order valence-corrected chi connectivity index (χ1v) is 14.3. The molecule has 6 rings (SSSR count). The molecule has 9 heteroatoms. The normalized spacial score (nSPS) is 25.4. The Morgan fingerprint density at radius 3 is 2.24 bits per heavy atom. The van der Waals surface area contributed by atoms with Crippen LogP contribution in [-0.2, 0) is 25.6 Å². The number of halogens is 1. The van der Waals surface area contributed by atoms with Gasteiger partial charge in [-0.05, 0) is 76.5 Å². The van der Waals surface area contributed by atoms with Crippen molar-refractivity contribution >= 4 is 45.0 Å². The van der Waals surface area contributed by atoms with E-state index in [2.05, 4.69) is 15.9 Å². The van der Waals surface area contributed by atoms with E-state index in [1.165, 1.54) is 25.2 Å². The molecule has 8 nitrogen and oxygen atoms in total. The van der Waals surface area contributed by atoms with Gasteiger partial charge in [-0.25, -0.2) is 0 Å². The van der Waals surface area contributed by atoms with Gasteiger partial charge in [0.05, 0.1) is 36.2 Å². The fourth-order valence-corrected chi connectivity index (χ4v) is 7.25. The van der Waals surface area contributed by atoms with Gasteiger partial charge in [-0.1, -0.05) is 30.7 Å². The van der Waals surface area contributed by atoms with Crippen molar-refractivity contribution in [3.05, 3.63) is 80.9 Å². The average Bonchev–Trinajstić information content (AvgIpc) is 3.24. The maximum Gasteiger partial charge on any atom is 0.238 e. The number of ether oxygens (including phenoxy) is 2. The number of Topliss-reactive ketones (excluding diaryl/α,β-unsaturated/α-hetero) is 1. The van der Waals surface area contributed by atoms with Gasteiger partial charge >= 0.3 is 0 Å². The Balaban J connectivity index is 1.49. The van der Waals surface area contributed by atoms with Crippen LogP contribution in [0.4, 0.5) is 5.69 Å². The number of carbonyl (C=O) groups is 4. The molecule has 2 aromatic rings. The number of allylic oxidation sites excluding steroid dienone is 6. The Labute approximate surface area is 245 Å². The molecular formula is C32H28BrNO7. The first-order valence-electron chi connectivity index (χ1n) is 13.5. The molecule has 0 aromatic heterocycles. The van der Waals surface area contributed by atoms with Crippen LogP contribution in [0, 0.1) is 17.8 Å². The minimum Gasteiger partial charge on any atom is -0.502 e. The van der Waals surface area contributed by atoms with Crippen molar-refractivity contribution in [2.45, 2.75) is 32.1 Å². The number of ketones is 2. The van der Waals surface area contributed by atoms with E-state index in [1.54, 1.807) is 24.3 Å². The highest BCUT2D eigenvalue weighted by molar-refractivity contribution is 9.12. The van der Waals surface area contributed by atoms with E-state index < -0.39 is 23.7 Å². The number of carbonyl (C=O) groups excluding carboxylic acids is 4. The van der Waals surface area contributed by atoms with E-state index in [9.17, 15) is 24.3 Å². The summed E-state index contributed by atoms with van der Waals surface area (Å²) >= 11 is 3.24. The molecule has 0 spiro atoms. The minimum absolute atomic E-state index is 0.151. The maximum atomic E-state index is 14.0. The van der Waals surface area contributed by atoms with Crippen molar-refractivity contribution in [3.8, 4) is 17.2 Å². The summed E-state index contributed by atoms with van der Waals surface area (Å²) < 4.78 is 10.9. The molecule has 4 aliphatic rings. The molecule has 3 aliphatic carbocycles. The predicted octanol–water partition coefficient (Wildman–Crippen LogP) is 4.94. The number of imide groups is 1. The number of benzene rings is 2. The topological polar surface area (TPSA) is 110 Å². The highest BCUT2D eigenvalue weighted by atomic mass is 79.9. The fourth-order valence-electron chi connectivity index (χ4n) is 6.80. The summed E-state index contributed by atoms with van der Waals surface area (Å²) in [5, 5.41) is 10.6. The van der Waals surface area contributed by atoms with Gasteiger partial charge in [-0.15, -0.1) is 0 Å². The molecule has 4 atom stereocenters. The Hall–Kier alpha value is -3.98. The molecule has 1 fully saturated rings. The summed E-state index contributed by atoms with van der Waals surface area (Å²) in [5.74, 6) is -3.48. The monoisotopic (exact) mass is 617 g/mol. The van der Waals surface area contributed by atoms with Crippen molar-refractivity contribution in [1.29, 1.82) is 0 Å². The fraction of sp³-hybridized carbons (Fsp3) is 0.312. The molecule has 210 valence electrons. The largest absolute Gasteiger partial charge is 0.502 e. The highest BCUT2D eigenvalue weighted by Crippen LogP contribution is 2.56. The number of phenols is 1. The highest BCUT2D eigenvalue weighted by Gasteiger charge is 2.56. The van der Waals surface area contributed by atoms with Crippen LogP contribution in [0.1, 0.15) is 36.8 Å². The van der Waals surface area contributed by atoms with Gasteiger partial charge in [-0.2, -0.15) is 0 Å². The summed E-state index contributed by atoms with van der Waals surface area (Å²) in [5.41, 5.74) is 3.67. The molecule has 1 N–H and O–H groups in total. The lowest BCUT2D eigenvalue weighted by molar-refractivity contribution is -0.123. The summed E-state index contributed by atoms with van der Waals surface area (Å²) in [6.45, 7) is 2.04. The summed E-state index contributed by atoms with van der Waals surface area (Å²) in [4.78, 5) is 55.9. The molecule has 1 saturated heterocycles. The first kappa shape index (κ1) is 27.2. The molecule has 0 bridgehead atoms. The van der Waals surface area contributed by atoms with Crippen LogP contribution < -0.4 is 14.4 Å². The molecule has 41 heavy (non-hydrogen) atoms. The first-order chi connectivity index (χ1) is 19.7. The quantitative estimate of drug-likeness (QED) is 0.287. The van der Waals surface area contributed by atoms with Crippen molar-refractivity contribution in [2.24, 2.45) is 17.8 Å². The Morgan fingerprint density at radius 1 is 0.976 bits per heavy atom. The molecule has 0 unspecified atom stereocenters. The zero-order valence-corrected chi connectivity index (χ0v) is 24.4. The average molecular weight is 618 g/mol. The van der Waals surface area contributed by atoms with Crippen LogP contribution in [0.3, 0.4) is 0 Å². The smallest absolute Gasteiger partial charge is 0.238 e. The van der Waals surface area contributed by atoms with Crippen LogP contribution >= 0.6 is 15.9 Å². The number of aromatic hydroxyl groups is 1. The lowest BCUT2D eigenvalue weighted by atomic mass is 9.59. The van der Waals surface area contributed by atoms with Gasteiger partial charge in [0, 0.05) is 23.1 Å². The molecule has 2 amide bonds. The van der Waals surface area contributed by atoms with Crippen molar-refractivity contribution in [3.63, 3.8) is 0 Å². The van der Waals surface area contributed by atoms with E-state index >= 15 is 0 Å². The molecule has 0 radical (unpaired) electrons. The van der Waals surface area contributed by atoms with Crippen LogP contribution in [0.5, 0.6) is 17.2 Å². The van der Waals surface area contributed by atoms with Crippen molar-refractivity contribution in [1.82, 2.24) is 0 Å². The summed E-state index contributed by atoms with van der Waals surface area (Å²) in [6, 6.07) is 10.7. The minimum atomic E-state index is -0.692. The van der Waals surface area contributed by atoms with Gasteiger partial charge in [0.1, 0.15) is 0 Å². The summed E-state index contributed by atoms with van der Waals surface area (Å²) in [6.07, 6.45) is 4.57. The van der Waals surface area contributed by atoms with Gasteiger partial charge < -0.3 is 14.6 Å².